The fourth-order valence-electron chi connectivity index (χ4n) is 1.06. The van der Waals surface area contributed by atoms with Crippen molar-refractivity contribution in [2.24, 2.45) is 0 Å². The van der Waals surface area contributed by atoms with Crippen LogP contribution in [0.15, 0.2) is 18.2 Å². The minimum absolute atomic E-state index is 0.225. The molecule has 2 aromatic rings. The van der Waals surface area contributed by atoms with E-state index in [1.165, 1.54) is 0 Å². The average molecular weight is 276 g/mol. The summed E-state index contributed by atoms with van der Waals surface area (Å²) < 4.78 is 9.15. The summed E-state index contributed by atoms with van der Waals surface area (Å²) in [5.74, 6) is 0.501. The Balaban J connectivity index is 2.11. The highest BCUT2D eigenvalue weighted by molar-refractivity contribution is 7.09. The zero-order chi connectivity index (χ0) is 11.5. The van der Waals surface area contributed by atoms with Gasteiger partial charge in [0.2, 0.25) is 0 Å². The Hall–Kier alpha value is -1.04. The zero-order valence-corrected chi connectivity index (χ0v) is 10.3. The Morgan fingerprint density at radius 1 is 1.38 bits per heavy atom. The van der Waals surface area contributed by atoms with E-state index in [0.717, 1.165) is 11.5 Å². The van der Waals surface area contributed by atoms with E-state index in [1.54, 1.807) is 18.2 Å². The van der Waals surface area contributed by atoms with E-state index in [0.29, 0.717) is 26.5 Å². The van der Waals surface area contributed by atoms with Gasteiger partial charge in [0.15, 0.2) is 0 Å². The van der Waals surface area contributed by atoms with E-state index >= 15 is 0 Å². The topological polar surface area (TPSA) is 61.0 Å². The molecule has 4 nitrogen and oxygen atoms in total. The summed E-state index contributed by atoms with van der Waals surface area (Å²) in [6.07, 6.45) is 0. The Labute approximate surface area is 106 Å². The number of rotatable bonds is 3. The third-order valence-electron chi connectivity index (χ3n) is 1.87. The summed E-state index contributed by atoms with van der Waals surface area (Å²) in [6, 6.07) is 5.17. The molecule has 1 aromatic heterocycles. The molecular weight excluding hydrogens is 269 g/mol. The van der Waals surface area contributed by atoms with Crippen LogP contribution in [0.1, 0.15) is 5.69 Å². The molecule has 0 unspecified atom stereocenters. The smallest absolute Gasteiger partial charge is 0.140 e. The van der Waals surface area contributed by atoms with Crippen molar-refractivity contribution in [2.45, 2.75) is 6.61 Å². The first-order valence-electron chi connectivity index (χ1n) is 4.32. The minimum Gasteiger partial charge on any atom is -0.485 e. The van der Waals surface area contributed by atoms with E-state index < -0.39 is 0 Å². The van der Waals surface area contributed by atoms with Gasteiger partial charge in [-0.25, -0.2) is 0 Å². The number of anilines is 1. The highest BCUT2D eigenvalue weighted by atomic mass is 35.5. The molecule has 7 heteroatoms. The summed E-state index contributed by atoms with van der Waals surface area (Å²) in [7, 11) is 0. The molecule has 0 spiro atoms. The summed E-state index contributed by atoms with van der Waals surface area (Å²) >= 11 is 12.9. The first-order valence-corrected chi connectivity index (χ1v) is 5.85. The molecule has 2 N–H and O–H groups in total. The lowest BCUT2D eigenvalue weighted by Gasteiger charge is -2.07. The Morgan fingerprint density at radius 3 is 2.88 bits per heavy atom. The maximum Gasteiger partial charge on any atom is 0.140 e. The van der Waals surface area contributed by atoms with E-state index in [2.05, 4.69) is 9.59 Å². The fraction of sp³-hybridized carbons (Fsp3) is 0.111. The van der Waals surface area contributed by atoms with Crippen LogP contribution in [0.4, 0.5) is 5.00 Å². The van der Waals surface area contributed by atoms with Gasteiger partial charge in [-0.2, -0.15) is 0 Å². The Bertz CT molecular complexity index is 503. The SMILES string of the molecule is Nc1snnc1COc1cccc(Cl)c1Cl. The normalized spacial score (nSPS) is 10.4. The lowest BCUT2D eigenvalue weighted by Crippen LogP contribution is -1.99. The van der Waals surface area contributed by atoms with E-state index in [-0.39, 0.29) is 6.61 Å². The highest BCUT2D eigenvalue weighted by Crippen LogP contribution is 2.32. The second-order valence-corrected chi connectivity index (χ2v) is 4.50. The van der Waals surface area contributed by atoms with Crippen LogP contribution in [0.25, 0.3) is 0 Å². The molecule has 2 rings (SSSR count). The Kier molecular flexibility index (Phi) is 3.48. The standard InChI is InChI=1S/C9H7Cl2N3OS/c10-5-2-1-3-7(8(5)11)15-4-6-9(12)16-14-13-6/h1-3H,4,12H2. The quantitative estimate of drug-likeness (QED) is 0.936. The molecule has 0 atom stereocenters. The number of halogens is 2. The third kappa shape index (κ3) is 2.37. The van der Waals surface area contributed by atoms with Crippen molar-refractivity contribution in [1.29, 1.82) is 0 Å². The van der Waals surface area contributed by atoms with Crippen molar-refractivity contribution < 1.29 is 4.74 Å². The predicted octanol–water partition coefficient (Wildman–Crippen LogP) is 3.01. The van der Waals surface area contributed by atoms with Crippen LogP contribution in [0.3, 0.4) is 0 Å². The van der Waals surface area contributed by atoms with Crippen molar-refractivity contribution in [3.63, 3.8) is 0 Å². The summed E-state index contributed by atoms with van der Waals surface area (Å²) in [5.41, 5.74) is 6.23. The molecule has 0 aliphatic rings. The predicted molar refractivity (Wildman–Crippen MR) is 65.1 cm³/mol. The lowest BCUT2D eigenvalue weighted by molar-refractivity contribution is 0.302. The van der Waals surface area contributed by atoms with Crippen molar-refractivity contribution in [3.05, 3.63) is 33.9 Å². The van der Waals surface area contributed by atoms with Crippen LogP contribution < -0.4 is 10.5 Å². The van der Waals surface area contributed by atoms with E-state index in [1.807, 2.05) is 0 Å². The van der Waals surface area contributed by atoms with Crippen LogP contribution >= 0.6 is 34.7 Å². The molecule has 0 amide bonds. The molecule has 1 aromatic carbocycles. The van der Waals surface area contributed by atoms with Crippen LogP contribution in [0.2, 0.25) is 10.0 Å². The largest absolute Gasteiger partial charge is 0.485 e. The van der Waals surface area contributed by atoms with Gasteiger partial charge in [-0.1, -0.05) is 33.8 Å². The van der Waals surface area contributed by atoms with Gasteiger partial charge in [0.05, 0.1) is 5.02 Å². The van der Waals surface area contributed by atoms with Crippen molar-refractivity contribution in [2.75, 3.05) is 5.73 Å². The first-order chi connectivity index (χ1) is 7.68. The van der Waals surface area contributed by atoms with Gasteiger partial charge >= 0.3 is 0 Å². The fourth-order valence-corrected chi connectivity index (χ4v) is 1.84. The number of benzene rings is 1. The average Bonchev–Trinajstić information content (AvgIpc) is 2.67. The molecule has 0 radical (unpaired) electrons. The number of ether oxygens (including phenoxy) is 1. The summed E-state index contributed by atoms with van der Waals surface area (Å²) in [6.45, 7) is 0.225. The lowest BCUT2D eigenvalue weighted by atomic mass is 10.3. The number of nitrogen functional groups attached to an aromatic ring is 1. The van der Waals surface area contributed by atoms with Crippen molar-refractivity contribution in [3.8, 4) is 5.75 Å². The van der Waals surface area contributed by atoms with Gasteiger partial charge in [-0.05, 0) is 12.1 Å². The number of nitrogens with two attached hydrogens (primary N) is 1. The molecule has 16 heavy (non-hydrogen) atoms. The molecule has 84 valence electrons. The summed E-state index contributed by atoms with van der Waals surface area (Å²) in [5, 5.41) is 5.19. The van der Waals surface area contributed by atoms with Gasteiger partial charge in [-0.15, -0.1) is 5.10 Å². The maximum atomic E-state index is 5.95. The number of hydrogen-bond donors (Lipinski definition) is 1. The van der Waals surface area contributed by atoms with E-state index in [9.17, 15) is 0 Å². The minimum atomic E-state index is 0.225. The third-order valence-corrected chi connectivity index (χ3v) is 3.26. The second-order valence-electron chi connectivity index (χ2n) is 2.92. The molecular formula is C9H7Cl2N3OS. The van der Waals surface area contributed by atoms with E-state index in [4.69, 9.17) is 33.7 Å². The van der Waals surface area contributed by atoms with Crippen molar-refractivity contribution >= 4 is 39.7 Å². The highest BCUT2D eigenvalue weighted by Gasteiger charge is 2.08. The van der Waals surface area contributed by atoms with Crippen LogP contribution in [-0.2, 0) is 6.61 Å². The molecule has 0 saturated heterocycles. The van der Waals surface area contributed by atoms with Gasteiger partial charge in [0.25, 0.3) is 0 Å². The van der Waals surface area contributed by atoms with Crippen LogP contribution in [0, 0.1) is 0 Å². The van der Waals surface area contributed by atoms with Gasteiger partial charge in [-0.3, -0.25) is 0 Å². The summed E-state index contributed by atoms with van der Waals surface area (Å²) in [4.78, 5) is 0. The number of nitrogens with zero attached hydrogens (tertiary/aromatic N) is 2. The van der Waals surface area contributed by atoms with Crippen molar-refractivity contribution in [1.82, 2.24) is 9.59 Å². The zero-order valence-electron chi connectivity index (χ0n) is 7.98. The van der Waals surface area contributed by atoms with Crippen LogP contribution in [0.5, 0.6) is 5.75 Å². The molecule has 0 aliphatic heterocycles. The van der Waals surface area contributed by atoms with Gasteiger partial charge in [0, 0.05) is 11.5 Å². The molecule has 0 bridgehead atoms. The molecule has 0 saturated carbocycles. The maximum absolute atomic E-state index is 5.95. The molecule has 0 aliphatic carbocycles. The second kappa shape index (κ2) is 4.86. The first kappa shape index (κ1) is 11.4. The Morgan fingerprint density at radius 2 is 2.19 bits per heavy atom. The number of aromatic nitrogens is 2. The monoisotopic (exact) mass is 275 g/mol. The molecule has 1 heterocycles. The number of hydrogen-bond acceptors (Lipinski definition) is 5. The van der Waals surface area contributed by atoms with Crippen LogP contribution in [-0.4, -0.2) is 9.59 Å². The van der Waals surface area contributed by atoms with Gasteiger partial charge < -0.3 is 10.5 Å². The van der Waals surface area contributed by atoms with Gasteiger partial charge in [0.1, 0.15) is 28.1 Å². The molecule has 0 fully saturated rings.